The summed E-state index contributed by atoms with van der Waals surface area (Å²) in [5.41, 5.74) is 16.7. The van der Waals surface area contributed by atoms with Crippen LogP contribution in [0.3, 0.4) is 0 Å². The van der Waals surface area contributed by atoms with Gasteiger partial charge in [0.05, 0.1) is 11.0 Å². The molecule has 318 valence electrons. The molecule has 8 aromatic carbocycles. The summed E-state index contributed by atoms with van der Waals surface area (Å²) in [5, 5.41) is 11.0. The average Bonchev–Trinajstić information content (AvgIpc) is 4.07. The van der Waals surface area contributed by atoms with Gasteiger partial charge in [-0.2, -0.15) is 0 Å². The van der Waals surface area contributed by atoms with Crippen molar-refractivity contribution in [1.29, 1.82) is 0 Å². The van der Waals surface area contributed by atoms with Crippen LogP contribution in [0.2, 0.25) is 0 Å². The van der Waals surface area contributed by atoms with Crippen LogP contribution in [0.25, 0.3) is 99.1 Å². The minimum atomic E-state index is -0.0747. The normalized spacial score (nSPS) is 16.2. The number of anilines is 2. The first-order valence-corrected chi connectivity index (χ1v) is 26.1. The van der Waals surface area contributed by atoms with E-state index in [4.69, 9.17) is 0 Å². The molecule has 0 bridgehead atoms. The molecule has 0 atom stereocenters. The van der Waals surface area contributed by atoms with Gasteiger partial charge in [0.25, 0.3) is 0 Å². The highest BCUT2D eigenvalue weighted by Crippen LogP contribution is 2.56. The van der Waals surface area contributed by atoms with Gasteiger partial charge in [0.1, 0.15) is 0 Å². The van der Waals surface area contributed by atoms with Crippen LogP contribution in [0.15, 0.2) is 133 Å². The van der Waals surface area contributed by atoms with Crippen LogP contribution in [-0.2, 0) is 16.2 Å². The highest BCUT2D eigenvalue weighted by Gasteiger charge is 2.47. The largest absolute Gasteiger partial charge is 0.376 e. The maximum absolute atomic E-state index is 2.76. The summed E-state index contributed by atoms with van der Waals surface area (Å²) in [4.78, 5) is 2.75. The summed E-state index contributed by atoms with van der Waals surface area (Å²) in [7, 11) is 0. The summed E-state index contributed by atoms with van der Waals surface area (Å²) < 4.78 is 10.9. The monoisotopic (exact) mass is 902 g/mol. The number of thiophene rings is 3. The predicted octanol–water partition coefficient (Wildman–Crippen LogP) is 16.8. The summed E-state index contributed by atoms with van der Waals surface area (Å²) in [6, 6.07) is 52.6. The quantitative estimate of drug-likeness (QED) is 0.149. The minimum absolute atomic E-state index is 0.0411. The van der Waals surface area contributed by atoms with Crippen molar-refractivity contribution in [2.75, 3.05) is 4.81 Å². The molecule has 3 aliphatic rings. The Morgan fingerprint density at radius 2 is 1.12 bits per heavy atom. The summed E-state index contributed by atoms with van der Waals surface area (Å²) in [6.45, 7) is 16.8. The standard InChI is InChI=1S/C60H47BN2S3/c1-58(2,3)32-20-22-33(23-21-32)63-45-31-51-37(34-14-8-11-17-47(34)65-51)26-39(45)52-53-36-16-10-13-19-49(36)66-57(53)54-40-27-41-42(60(6,7)25-24-59(41,4)5)29-44(40)62-46-28-38-35-15-9-12-18-48(35)64-50(38)30-43(46)61(63)55(52)56(54)62/h8-23,26-31H,24-25H2,1-7H3. The van der Waals surface area contributed by atoms with Crippen molar-refractivity contribution in [1.82, 2.24) is 4.57 Å². The van der Waals surface area contributed by atoms with Crippen molar-refractivity contribution >= 4 is 145 Å². The highest BCUT2D eigenvalue weighted by molar-refractivity contribution is 7.27. The van der Waals surface area contributed by atoms with Crippen LogP contribution in [0.1, 0.15) is 78.0 Å². The first-order valence-electron chi connectivity index (χ1n) is 23.7. The lowest BCUT2D eigenvalue weighted by Gasteiger charge is -2.42. The molecule has 0 unspecified atom stereocenters. The topological polar surface area (TPSA) is 8.17 Å². The van der Waals surface area contributed by atoms with E-state index in [0.717, 1.165) is 0 Å². The summed E-state index contributed by atoms with van der Waals surface area (Å²) in [6.07, 6.45) is 2.37. The van der Waals surface area contributed by atoms with Crippen LogP contribution in [0, 0.1) is 0 Å². The van der Waals surface area contributed by atoms with E-state index in [1.807, 2.05) is 34.0 Å². The second kappa shape index (κ2) is 12.5. The number of benzene rings is 8. The summed E-state index contributed by atoms with van der Waals surface area (Å²) >= 11 is 5.87. The third-order valence-electron chi connectivity index (χ3n) is 16.2. The predicted molar refractivity (Wildman–Crippen MR) is 292 cm³/mol. The molecule has 2 nitrogen and oxygen atoms in total. The van der Waals surface area contributed by atoms with Gasteiger partial charge in [0.15, 0.2) is 0 Å². The van der Waals surface area contributed by atoms with E-state index in [-0.39, 0.29) is 23.1 Å². The lowest BCUT2D eigenvalue weighted by atomic mass is 9.43. The average molecular weight is 903 g/mol. The zero-order valence-electron chi connectivity index (χ0n) is 38.3. The van der Waals surface area contributed by atoms with Crippen LogP contribution >= 0.6 is 34.0 Å². The first kappa shape index (κ1) is 38.2. The molecule has 6 heteroatoms. The van der Waals surface area contributed by atoms with E-state index in [2.05, 4.69) is 191 Å². The van der Waals surface area contributed by atoms with Gasteiger partial charge in [0, 0.05) is 93.9 Å². The molecule has 66 heavy (non-hydrogen) atoms. The van der Waals surface area contributed by atoms with Crippen LogP contribution in [0.5, 0.6) is 0 Å². The molecule has 2 aliphatic heterocycles. The minimum Gasteiger partial charge on any atom is -0.376 e. The van der Waals surface area contributed by atoms with Gasteiger partial charge in [-0.05, 0) is 129 Å². The molecule has 12 aromatic rings. The van der Waals surface area contributed by atoms with Crippen LogP contribution in [-0.4, -0.2) is 11.4 Å². The number of hydrogen-bond donors (Lipinski definition) is 0. The van der Waals surface area contributed by atoms with Gasteiger partial charge in [-0.1, -0.05) is 115 Å². The Balaban J connectivity index is 1.21. The molecular formula is C60H47BN2S3. The number of fused-ring (bicyclic) bond motifs is 20. The van der Waals surface area contributed by atoms with Crippen LogP contribution in [0.4, 0.5) is 11.4 Å². The van der Waals surface area contributed by atoms with Crippen molar-refractivity contribution in [3.63, 3.8) is 0 Å². The van der Waals surface area contributed by atoms with Crippen molar-refractivity contribution in [2.24, 2.45) is 0 Å². The molecule has 0 fully saturated rings. The van der Waals surface area contributed by atoms with E-state index in [1.54, 1.807) is 0 Å². The number of rotatable bonds is 1. The maximum atomic E-state index is 2.76. The van der Waals surface area contributed by atoms with Crippen molar-refractivity contribution in [3.8, 4) is 16.8 Å². The fourth-order valence-electron chi connectivity index (χ4n) is 12.7. The molecule has 4 aromatic heterocycles. The Kier molecular flexibility index (Phi) is 7.26. The van der Waals surface area contributed by atoms with E-state index < -0.39 is 0 Å². The van der Waals surface area contributed by atoms with Gasteiger partial charge in [-0.15, -0.1) is 34.0 Å². The number of hydrogen-bond acceptors (Lipinski definition) is 4. The Bertz CT molecular complexity index is 4170. The van der Waals surface area contributed by atoms with Crippen molar-refractivity contribution < 1.29 is 0 Å². The summed E-state index contributed by atoms with van der Waals surface area (Å²) in [5.74, 6) is 0. The SMILES string of the molecule is CC(C)(C)c1ccc(N2B3c4cc5sc6ccccc6c5cc4-n4c5cc6c(cc5c5c7sc8ccccc8c7c(c3c54)-c3cc4c(cc32)sc2ccccc24)C(C)(C)CCC6(C)C)cc1. The third-order valence-corrected chi connectivity index (χ3v) is 19.6. The Labute approximate surface area is 396 Å². The molecule has 0 saturated heterocycles. The third kappa shape index (κ3) is 4.82. The molecule has 1 aliphatic carbocycles. The molecule has 0 amide bonds. The van der Waals surface area contributed by atoms with E-state index >= 15 is 0 Å². The highest BCUT2D eigenvalue weighted by atomic mass is 32.1. The molecular weight excluding hydrogens is 856 g/mol. The van der Waals surface area contributed by atoms with Gasteiger partial charge in [-0.25, -0.2) is 0 Å². The zero-order chi connectivity index (χ0) is 44.3. The van der Waals surface area contributed by atoms with Crippen molar-refractivity contribution in [2.45, 2.75) is 77.6 Å². The van der Waals surface area contributed by atoms with Crippen molar-refractivity contribution in [3.05, 3.63) is 150 Å². The number of aromatic nitrogens is 1. The van der Waals surface area contributed by atoms with E-state index in [9.17, 15) is 0 Å². The van der Waals surface area contributed by atoms with E-state index in [0.29, 0.717) is 0 Å². The molecule has 0 N–H and O–H groups in total. The number of nitrogens with zero attached hydrogens (tertiary/aromatic N) is 2. The fraction of sp³-hybridized carbons (Fsp3) is 0.200. The molecule has 0 radical (unpaired) electrons. The Hall–Kier alpha value is -5.92. The maximum Gasteiger partial charge on any atom is 0.333 e. The fourth-order valence-corrected chi connectivity index (χ4v) is 16.2. The molecule has 0 spiro atoms. The lowest BCUT2D eigenvalue weighted by Crippen LogP contribution is -2.60. The molecule has 6 heterocycles. The molecule has 15 rings (SSSR count). The van der Waals surface area contributed by atoms with Gasteiger partial charge >= 0.3 is 6.85 Å². The second-order valence-electron chi connectivity index (χ2n) is 21.9. The van der Waals surface area contributed by atoms with Crippen LogP contribution < -0.4 is 15.7 Å². The second-order valence-corrected chi connectivity index (χ2v) is 25.1. The Morgan fingerprint density at radius 3 is 1.79 bits per heavy atom. The van der Waals surface area contributed by atoms with Gasteiger partial charge in [0.2, 0.25) is 0 Å². The smallest absolute Gasteiger partial charge is 0.333 e. The van der Waals surface area contributed by atoms with E-state index in [1.165, 1.54) is 151 Å². The lowest BCUT2D eigenvalue weighted by molar-refractivity contribution is 0.332. The molecule has 0 saturated carbocycles. The Morgan fingerprint density at radius 1 is 0.530 bits per heavy atom. The van der Waals surface area contributed by atoms with Gasteiger partial charge < -0.3 is 9.38 Å². The van der Waals surface area contributed by atoms with Gasteiger partial charge in [-0.3, -0.25) is 0 Å². The first-order chi connectivity index (χ1) is 31.8. The zero-order valence-corrected chi connectivity index (χ0v) is 40.8.